The van der Waals surface area contributed by atoms with Gasteiger partial charge >= 0.3 is 0 Å². The maximum Gasteiger partial charge on any atom is 0.107 e. The molecule has 142 valence electrons. The lowest BCUT2D eigenvalue weighted by atomic mass is 10.0. The summed E-state index contributed by atoms with van der Waals surface area (Å²) in [6.45, 7) is 11.1. The summed E-state index contributed by atoms with van der Waals surface area (Å²) < 4.78 is 2.08. The van der Waals surface area contributed by atoms with Crippen LogP contribution in [-0.4, -0.2) is 64.1 Å². The Bertz CT molecular complexity index is 922. The molecule has 4 rings (SSSR count). The van der Waals surface area contributed by atoms with E-state index in [1.807, 2.05) is 6.33 Å². The highest BCUT2D eigenvalue weighted by Crippen LogP contribution is 2.24. The molecular formula is C22H29N5. The van der Waals surface area contributed by atoms with Gasteiger partial charge in [0.25, 0.3) is 0 Å². The van der Waals surface area contributed by atoms with Gasteiger partial charge in [-0.2, -0.15) is 0 Å². The highest BCUT2D eigenvalue weighted by Gasteiger charge is 2.14. The van der Waals surface area contributed by atoms with E-state index in [4.69, 9.17) is 4.98 Å². The zero-order chi connectivity index (χ0) is 18.8. The Labute approximate surface area is 161 Å². The van der Waals surface area contributed by atoms with Crippen molar-refractivity contribution in [2.24, 2.45) is 0 Å². The lowest BCUT2D eigenvalue weighted by Gasteiger charge is -2.32. The molecule has 0 bridgehead atoms. The minimum Gasteiger partial charge on any atom is -0.337 e. The van der Waals surface area contributed by atoms with Crippen LogP contribution >= 0.6 is 0 Å². The predicted molar refractivity (Wildman–Crippen MR) is 111 cm³/mol. The summed E-state index contributed by atoms with van der Waals surface area (Å²) in [6.07, 6.45) is 5.04. The summed E-state index contributed by atoms with van der Waals surface area (Å²) in [5.41, 5.74) is 5.62. The number of rotatable bonds is 5. The molecule has 5 nitrogen and oxygen atoms in total. The Kier molecular flexibility index (Phi) is 5.23. The molecule has 3 aromatic rings. The maximum absolute atomic E-state index is 4.86. The number of aromatic nitrogens is 3. The van der Waals surface area contributed by atoms with Crippen LogP contribution in [0.25, 0.3) is 22.3 Å². The lowest BCUT2D eigenvalue weighted by Crippen LogP contribution is -2.45. The second-order valence-corrected chi connectivity index (χ2v) is 7.66. The van der Waals surface area contributed by atoms with Gasteiger partial charge in [0, 0.05) is 50.9 Å². The Morgan fingerprint density at radius 1 is 1.04 bits per heavy atom. The van der Waals surface area contributed by atoms with Crippen molar-refractivity contribution >= 4 is 10.9 Å². The number of imidazole rings is 1. The third-order valence-corrected chi connectivity index (χ3v) is 5.65. The zero-order valence-corrected chi connectivity index (χ0v) is 16.6. The minimum absolute atomic E-state index is 0.927. The van der Waals surface area contributed by atoms with Crippen LogP contribution in [-0.2, 0) is 13.0 Å². The van der Waals surface area contributed by atoms with Gasteiger partial charge in [0.2, 0.25) is 0 Å². The molecule has 0 spiro atoms. The monoisotopic (exact) mass is 363 g/mol. The first kappa shape index (κ1) is 18.1. The van der Waals surface area contributed by atoms with Gasteiger partial charge in [0.1, 0.15) is 5.69 Å². The van der Waals surface area contributed by atoms with E-state index in [1.54, 1.807) is 0 Å². The Balaban J connectivity index is 1.52. The smallest absolute Gasteiger partial charge is 0.107 e. The number of hydrogen-bond acceptors (Lipinski definition) is 4. The van der Waals surface area contributed by atoms with E-state index in [-0.39, 0.29) is 0 Å². The number of aryl methyl sites for hydroxylation is 2. The molecule has 0 amide bonds. The normalized spacial score (nSPS) is 16.3. The highest BCUT2D eigenvalue weighted by molar-refractivity contribution is 5.85. The van der Waals surface area contributed by atoms with Crippen molar-refractivity contribution in [3.8, 4) is 11.4 Å². The first-order chi connectivity index (χ1) is 13.1. The third-order valence-electron chi connectivity index (χ3n) is 5.65. The van der Waals surface area contributed by atoms with Gasteiger partial charge in [0.15, 0.2) is 0 Å². The number of benzene rings is 1. The average molecular weight is 364 g/mol. The van der Waals surface area contributed by atoms with Gasteiger partial charge in [-0.05, 0) is 56.6 Å². The summed E-state index contributed by atoms with van der Waals surface area (Å²) in [5.74, 6) is 0. The van der Waals surface area contributed by atoms with E-state index in [0.717, 1.165) is 36.4 Å². The van der Waals surface area contributed by atoms with E-state index in [0.29, 0.717) is 0 Å². The standard InChI is InChI=1S/C22H29N5/c1-4-26-15-22(23-16-26)21-13-17(2)19-14-18(5-6-20(19)24-21)7-8-27-11-9-25(3)10-12-27/h5-6,13-16H,4,7-12H2,1-3H3. The average Bonchev–Trinajstić information content (AvgIpc) is 3.17. The van der Waals surface area contributed by atoms with Crippen molar-refractivity contribution in [2.75, 3.05) is 39.8 Å². The fraction of sp³-hybridized carbons (Fsp3) is 0.455. The van der Waals surface area contributed by atoms with Gasteiger partial charge in [-0.15, -0.1) is 0 Å². The van der Waals surface area contributed by atoms with Crippen LogP contribution in [0.3, 0.4) is 0 Å². The topological polar surface area (TPSA) is 37.2 Å². The van der Waals surface area contributed by atoms with Crippen molar-refractivity contribution in [1.29, 1.82) is 0 Å². The van der Waals surface area contributed by atoms with E-state index in [2.05, 4.69) is 70.7 Å². The molecule has 0 unspecified atom stereocenters. The maximum atomic E-state index is 4.86. The van der Waals surface area contributed by atoms with Gasteiger partial charge in [-0.1, -0.05) is 6.07 Å². The molecule has 1 aromatic carbocycles. The number of hydrogen-bond donors (Lipinski definition) is 0. The quantitative estimate of drug-likeness (QED) is 0.698. The predicted octanol–water partition coefficient (Wildman–Crippen LogP) is 3.22. The van der Waals surface area contributed by atoms with Crippen LogP contribution in [0.2, 0.25) is 0 Å². The zero-order valence-electron chi connectivity index (χ0n) is 16.6. The Hall–Kier alpha value is -2.24. The molecule has 0 aliphatic carbocycles. The first-order valence-electron chi connectivity index (χ1n) is 9.95. The second kappa shape index (κ2) is 7.79. The third kappa shape index (κ3) is 4.04. The fourth-order valence-electron chi connectivity index (χ4n) is 3.75. The van der Waals surface area contributed by atoms with Crippen LogP contribution in [0.1, 0.15) is 18.1 Å². The number of likely N-dealkylation sites (N-methyl/N-ethyl adjacent to an activating group) is 1. The lowest BCUT2D eigenvalue weighted by molar-refractivity contribution is 0.155. The van der Waals surface area contributed by atoms with E-state index < -0.39 is 0 Å². The van der Waals surface area contributed by atoms with Gasteiger partial charge in [-0.25, -0.2) is 9.97 Å². The molecule has 1 aliphatic rings. The molecule has 0 N–H and O–H groups in total. The largest absolute Gasteiger partial charge is 0.337 e. The van der Waals surface area contributed by atoms with Crippen LogP contribution < -0.4 is 0 Å². The summed E-state index contributed by atoms with van der Waals surface area (Å²) in [4.78, 5) is 14.3. The SMILES string of the molecule is CCn1cnc(-c2cc(C)c3cc(CCN4CCN(C)CC4)ccc3n2)c1. The van der Waals surface area contributed by atoms with E-state index in [1.165, 1.54) is 42.7 Å². The summed E-state index contributed by atoms with van der Waals surface area (Å²) in [7, 11) is 2.21. The summed E-state index contributed by atoms with van der Waals surface area (Å²) in [6, 6.07) is 8.89. The summed E-state index contributed by atoms with van der Waals surface area (Å²) >= 11 is 0. The van der Waals surface area contributed by atoms with Crippen LogP contribution in [0.15, 0.2) is 36.8 Å². The molecule has 27 heavy (non-hydrogen) atoms. The molecule has 1 saturated heterocycles. The molecular weight excluding hydrogens is 334 g/mol. The van der Waals surface area contributed by atoms with Crippen LogP contribution in [0.4, 0.5) is 0 Å². The molecule has 1 aliphatic heterocycles. The van der Waals surface area contributed by atoms with Crippen molar-refractivity contribution in [3.05, 3.63) is 47.9 Å². The molecule has 0 radical (unpaired) electrons. The van der Waals surface area contributed by atoms with Crippen LogP contribution in [0.5, 0.6) is 0 Å². The minimum atomic E-state index is 0.927. The second-order valence-electron chi connectivity index (χ2n) is 7.66. The number of fused-ring (bicyclic) bond motifs is 1. The number of piperazine rings is 1. The van der Waals surface area contributed by atoms with Gasteiger partial charge < -0.3 is 14.4 Å². The van der Waals surface area contributed by atoms with Crippen molar-refractivity contribution in [2.45, 2.75) is 26.8 Å². The summed E-state index contributed by atoms with van der Waals surface area (Å²) in [5, 5.41) is 1.25. The fourth-order valence-corrected chi connectivity index (χ4v) is 3.75. The van der Waals surface area contributed by atoms with E-state index >= 15 is 0 Å². The number of nitrogens with zero attached hydrogens (tertiary/aromatic N) is 5. The van der Waals surface area contributed by atoms with Crippen molar-refractivity contribution < 1.29 is 0 Å². The first-order valence-corrected chi connectivity index (χ1v) is 9.95. The Morgan fingerprint density at radius 3 is 2.59 bits per heavy atom. The molecule has 2 aromatic heterocycles. The van der Waals surface area contributed by atoms with Gasteiger partial charge in [0.05, 0.1) is 17.5 Å². The van der Waals surface area contributed by atoms with Crippen LogP contribution in [0, 0.1) is 6.92 Å². The number of pyridine rings is 1. The Morgan fingerprint density at radius 2 is 1.85 bits per heavy atom. The molecule has 5 heteroatoms. The molecule has 1 fully saturated rings. The molecule has 3 heterocycles. The highest BCUT2D eigenvalue weighted by atomic mass is 15.2. The molecule has 0 atom stereocenters. The van der Waals surface area contributed by atoms with Gasteiger partial charge in [-0.3, -0.25) is 0 Å². The molecule has 0 saturated carbocycles. The van der Waals surface area contributed by atoms with Crippen molar-refractivity contribution in [1.82, 2.24) is 24.3 Å². The van der Waals surface area contributed by atoms with Crippen molar-refractivity contribution in [3.63, 3.8) is 0 Å². The van der Waals surface area contributed by atoms with E-state index in [9.17, 15) is 0 Å².